The summed E-state index contributed by atoms with van der Waals surface area (Å²) in [5.41, 5.74) is 1.73. The SMILES string of the molecule is O=C1CCC(c2ccccc2)(c2ccccc2)[C@H]2[C@@H]1[C@@H]2[N+](=O)[O-]. The van der Waals surface area contributed by atoms with Gasteiger partial charge in [0.25, 0.3) is 0 Å². The summed E-state index contributed by atoms with van der Waals surface area (Å²) in [5.74, 6) is -0.609. The quantitative estimate of drug-likeness (QED) is 0.646. The van der Waals surface area contributed by atoms with E-state index in [1.165, 1.54) is 0 Å². The Labute approximate surface area is 134 Å². The molecule has 0 aromatic heterocycles. The van der Waals surface area contributed by atoms with Crippen molar-refractivity contribution in [1.29, 1.82) is 0 Å². The number of carbonyl (C=O) groups excluding carboxylic acids is 1. The number of rotatable bonds is 3. The maximum absolute atomic E-state index is 12.2. The topological polar surface area (TPSA) is 60.2 Å². The Hall–Kier alpha value is -2.49. The molecule has 2 fully saturated rings. The number of Topliss-reactive ketones (excluding diaryl/α,β-unsaturated/α-hetero) is 1. The summed E-state index contributed by atoms with van der Waals surface area (Å²) < 4.78 is 0. The highest BCUT2D eigenvalue weighted by atomic mass is 16.6. The van der Waals surface area contributed by atoms with Crippen molar-refractivity contribution in [3.8, 4) is 0 Å². The van der Waals surface area contributed by atoms with Crippen molar-refractivity contribution < 1.29 is 9.72 Å². The summed E-state index contributed by atoms with van der Waals surface area (Å²) >= 11 is 0. The number of carbonyl (C=O) groups is 1. The first kappa shape index (κ1) is 14.1. The molecular formula is C19H17NO3. The number of nitrogens with zero attached hydrogens (tertiary/aromatic N) is 1. The van der Waals surface area contributed by atoms with Gasteiger partial charge in [-0.25, -0.2) is 0 Å². The third kappa shape index (κ3) is 1.94. The van der Waals surface area contributed by atoms with Crippen LogP contribution in [-0.2, 0) is 10.2 Å². The Morgan fingerprint density at radius 2 is 1.48 bits per heavy atom. The molecule has 4 nitrogen and oxygen atoms in total. The third-order valence-corrected chi connectivity index (χ3v) is 5.51. The largest absolute Gasteiger partial charge is 0.299 e. The molecule has 0 heterocycles. The summed E-state index contributed by atoms with van der Waals surface area (Å²) in [7, 11) is 0. The van der Waals surface area contributed by atoms with E-state index in [-0.39, 0.29) is 16.6 Å². The molecular weight excluding hydrogens is 290 g/mol. The Morgan fingerprint density at radius 1 is 0.957 bits per heavy atom. The van der Waals surface area contributed by atoms with Crippen molar-refractivity contribution in [2.24, 2.45) is 11.8 Å². The van der Waals surface area contributed by atoms with E-state index < -0.39 is 17.4 Å². The predicted molar refractivity (Wildman–Crippen MR) is 85.7 cm³/mol. The van der Waals surface area contributed by atoms with Gasteiger partial charge in [0.15, 0.2) is 0 Å². The molecule has 4 heteroatoms. The lowest BCUT2D eigenvalue weighted by molar-refractivity contribution is -0.501. The average Bonchev–Trinajstić information content (AvgIpc) is 3.35. The molecule has 0 unspecified atom stereocenters. The van der Waals surface area contributed by atoms with E-state index in [0.29, 0.717) is 12.8 Å². The van der Waals surface area contributed by atoms with Gasteiger partial charge in [0.1, 0.15) is 5.78 Å². The lowest BCUT2D eigenvalue weighted by Gasteiger charge is -2.37. The first-order valence-electron chi connectivity index (χ1n) is 7.93. The van der Waals surface area contributed by atoms with Gasteiger partial charge >= 0.3 is 0 Å². The molecule has 2 aromatic rings. The van der Waals surface area contributed by atoms with Crippen LogP contribution in [0.15, 0.2) is 60.7 Å². The molecule has 2 aliphatic carbocycles. The Morgan fingerprint density at radius 3 is 1.96 bits per heavy atom. The zero-order valence-electron chi connectivity index (χ0n) is 12.6. The minimum Gasteiger partial charge on any atom is -0.299 e. The van der Waals surface area contributed by atoms with Crippen LogP contribution in [0.1, 0.15) is 24.0 Å². The first-order valence-corrected chi connectivity index (χ1v) is 7.93. The average molecular weight is 307 g/mol. The van der Waals surface area contributed by atoms with Crippen LogP contribution in [0, 0.1) is 22.0 Å². The second-order valence-electron chi connectivity index (χ2n) is 6.50. The first-order chi connectivity index (χ1) is 11.2. The summed E-state index contributed by atoms with van der Waals surface area (Å²) in [6.07, 6.45) is 1.06. The highest BCUT2D eigenvalue weighted by Gasteiger charge is 2.74. The molecule has 0 saturated heterocycles. The second kappa shape index (κ2) is 5.01. The molecule has 0 aliphatic heterocycles. The van der Waals surface area contributed by atoms with E-state index in [2.05, 4.69) is 0 Å². The fraction of sp³-hybridized carbons (Fsp3) is 0.316. The van der Waals surface area contributed by atoms with Crippen LogP contribution in [0.2, 0.25) is 0 Å². The van der Waals surface area contributed by atoms with Gasteiger partial charge in [0, 0.05) is 16.8 Å². The fourth-order valence-corrected chi connectivity index (χ4v) is 4.51. The predicted octanol–water partition coefficient (Wildman–Crippen LogP) is 3.23. The lowest BCUT2D eigenvalue weighted by Crippen LogP contribution is -2.36. The van der Waals surface area contributed by atoms with Crippen LogP contribution in [0.5, 0.6) is 0 Å². The van der Waals surface area contributed by atoms with Crippen LogP contribution in [0.25, 0.3) is 0 Å². The normalized spacial score (nSPS) is 28.0. The minimum atomic E-state index is -0.745. The molecule has 0 N–H and O–H groups in total. The van der Waals surface area contributed by atoms with Crippen molar-refractivity contribution in [3.63, 3.8) is 0 Å². The Balaban J connectivity index is 1.91. The van der Waals surface area contributed by atoms with Gasteiger partial charge in [0.2, 0.25) is 6.04 Å². The van der Waals surface area contributed by atoms with E-state index in [9.17, 15) is 14.9 Å². The molecule has 2 aliphatic rings. The number of hydrogen-bond acceptors (Lipinski definition) is 3. The van der Waals surface area contributed by atoms with Crippen LogP contribution < -0.4 is 0 Å². The maximum Gasteiger partial charge on any atom is 0.228 e. The van der Waals surface area contributed by atoms with E-state index in [1.54, 1.807) is 0 Å². The van der Waals surface area contributed by atoms with Gasteiger partial charge in [0.05, 0.1) is 11.8 Å². The highest BCUT2D eigenvalue weighted by molar-refractivity contribution is 5.87. The number of nitro groups is 1. The minimum absolute atomic E-state index is 0.0548. The summed E-state index contributed by atoms with van der Waals surface area (Å²) in [4.78, 5) is 23.4. The van der Waals surface area contributed by atoms with Gasteiger partial charge < -0.3 is 0 Å². The van der Waals surface area contributed by atoms with Crippen molar-refractivity contribution >= 4 is 5.78 Å². The molecule has 23 heavy (non-hydrogen) atoms. The molecule has 0 bridgehead atoms. The van der Waals surface area contributed by atoms with Crippen LogP contribution in [0.4, 0.5) is 0 Å². The van der Waals surface area contributed by atoms with Crippen molar-refractivity contribution in [2.45, 2.75) is 24.3 Å². The van der Waals surface area contributed by atoms with Gasteiger partial charge in [-0.15, -0.1) is 0 Å². The molecule has 0 radical (unpaired) electrons. The van der Waals surface area contributed by atoms with E-state index in [4.69, 9.17) is 0 Å². The van der Waals surface area contributed by atoms with Crippen LogP contribution in [0.3, 0.4) is 0 Å². The molecule has 0 amide bonds. The molecule has 4 rings (SSSR count). The van der Waals surface area contributed by atoms with Gasteiger partial charge in [-0.1, -0.05) is 60.7 Å². The summed E-state index contributed by atoms with van der Waals surface area (Å²) in [6, 6.07) is 19.2. The number of fused-ring (bicyclic) bond motifs is 1. The van der Waals surface area contributed by atoms with Crippen LogP contribution >= 0.6 is 0 Å². The second-order valence-corrected chi connectivity index (χ2v) is 6.50. The number of benzene rings is 2. The molecule has 2 aromatic carbocycles. The monoisotopic (exact) mass is 307 g/mol. The smallest absolute Gasteiger partial charge is 0.228 e. The number of ketones is 1. The zero-order chi connectivity index (χ0) is 16.0. The Kier molecular flexibility index (Phi) is 3.08. The maximum atomic E-state index is 12.2. The summed E-state index contributed by atoms with van der Waals surface area (Å²) in [5, 5.41) is 11.5. The van der Waals surface area contributed by atoms with Gasteiger partial charge in [-0.05, 0) is 17.5 Å². The molecule has 116 valence electrons. The molecule has 3 atom stereocenters. The summed E-state index contributed by atoms with van der Waals surface area (Å²) in [6.45, 7) is 0. The molecule has 2 saturated carbocycles. The van der Waals surface area contributed by atoms with E-state index in [1.807, 2.05) is 60.7 Å². The molecule has 0 spiro atoms. The van der Waals surface area contributed by atoms with Gasteiger partial charge in [-0.3, -0.25) is 14.9 Å². The highest BCUT2D eigenvalue weighted by Crippen LogP contribution is 2.62. The zero-order valence-corrected chi connectivity index (χ0v) is 12.6. The van der Waals surface area contributed by atoms with Crippen molar-refractivity contribution in [3.05, 3.63) is 81.9 Å². The van der Waals surface area contributed by atoms with Crippen molar-refractivity contribution in [2.75, 3.05) is 0 Å². The standard InChI is InChI=1S/C19H17NO3/c21-15-11-12-19(13-7-3-1-4-8-13,14-9-5-2-6-10-14)17-16(15)18(17)20(22)23/h1-10,16-18H,11-12H2/t16-,17+,18+/m1/s1. The lowest BCUT2D eigenvalue weighted by atomic mass is 9.64. The van der Waals surface area contributed by atoms with E-state index in [0.717, 1.165) is 11.1 Å². The van der Waals surface area contributed by atoms with Crippen molar-refractivity contribution in [1.82, 2.24) is 0 Å². The van der Waals surface area contributed by atoms with Crippen LogP contribution in [-0.4, -0.2) is 16.7 Å². The van der Waals surface area contributed by atoms with E-state index >= 15 is 0 Å². The third-order valence-electron chi connectivity index (χ3n) is 5.51. The van der Waals surface area contributed by atoms with Gasteiger partial charge in [-0.2, -0.15) is 0 Å². The fourth-order valence-electron chi connectivity index (χ4n) is 4.51. The Bertz CT molecular complexity index is 713. The number of hydrogen-bond donors (Lipinski definition) is 0.